The molecule has 2 fully saturated rings. The van der Waals surface area contributed by atoms with Gasteiger partial charge in [-0.1, -0.05) is 96.8 Å². The Morgan fingerprint density at radius 3 is 1.55 bits per heavy atom. The fraction of sp³-hybridized carbons (Fsp3) is 1.00. The van der Waals surface area contributed by atoms with Crippen LogP contribution in [0.5, 0.6) is 0 Å². The third kappa shape index (κ3) is 7.02. The lowest BCUT2D eigenvalue weighted by atomic mass is 9.76. The summed E-state index contributed by atoms with van der Waals surface area (Å²) in [6.45, 7) is 2.48. The van der Waals surface area contributed by atoms with E-state index in [1.54, 1.807) is 0 Å². The molecule has 2 aliphatic carbocycles. The smallest absolute Gasteiger partial charge is 0.00388 e. The van der Waals surface area contributed by atoms with E-state index in [0.717, 1.165) is 17.8 Å². The van der Waals surface area contributed by atoms with E-state index in [-0.39, 0.29) is 0 Å². The lowest BCUT2D eigenvalue weighted by Gasteiger charge is -2.31. The molecule has 2 rings (SSSR count). The second kappa shape index (κ2) is 10.7. The van der Waals surface area contributed by atoms with Gasteiger partial charge in [-0.3, -0.25) is 0 Å². The van der Waals surface area contributed by atoms with E-state index in [1.807, 2.05) is 0 Å². The molecule has 22 heavy (non-hydrogen) atoms. The minimum Gasteiger partial charge on any atom is -0.328 e. The summed E-state index contributed by atoms with van der Waals surface area (Å²) in [5, 5.41) is 0. The molecule has 2 aliphatic rings. The van der Waals surface area contributed by atoms with Crippen molar-refractivity contribution in [2.75, 3.05) is 0 Å². The van der Waals surface area contributed by atoms with E-state index < -0.39 is 0 Å². The molecule has 1 heteroatoms. The molecule has 2 atom stereocenters. The highest BCUT2D eigenvalue weighted by atomic mass is 14.6. The largest absolute Gasteiger partial charge is 0.328 e. The maximum absolute atomic E-state index is 6.16. The highest BCUT2D eigenvalue weighted by molar-refractivity contribution is 4.76. The topological polar surface area (TPSA) is 26.0 Å². The molecule has 2 N–H and O–H groups in total. The van der Waals surface area contributed by atoms with Gasteiger partial charge in [0.1, 0.15) is 0 Å². The molecular formula is C21H41N. The van der Waals surface area contributed by atoms with Crippen LogP contribution in [0.25, 0.3) is 0 Å². The molecule has 130 valence electrons. The third-order valence-electron chi connectivity index (χ3n) is 6.51. The van der Waals surface area contributed by atoms with E-state index in [1.165, 1.54) is 103 Å². The lowest BCUT2D eigenvalue weighted by Crippen LogP contribution is -2.24. The normalized spacial score (nSPS) is 37.4. The Bertz CT molecular complexity index is 265. The summed E-state index contributed by atoms with van der Waals surface area (Å²) in [5.41, 5.74) is 6.16. The van der Waals surface area contributed by atoms with Crippen LogP contribution in [0.15, 0.2) is 0 Å². The van der Waals surface area contributed by atoms with Crippen molar-refractivity contribution in [3.8, 4) is 0 Å². The molecular weight excluding hydrogens is 266 g/mol. The van der Waals surface area contributed by atoms with Gasteiger partial charge in [0, 0.05) is 6.04 Å². The highest BCUT2D eigenvalue weighted by Crippen LogP contribution is 2.35. The van der Waals surface area contributed by atoms with Gasteiger partial charge in [0.2, 0.25) is 0 Å². The van der Waals surface area contributed by atoms with Crippen LogP contribution < -0.4 is 5.73 Å². The average Bonchev–Trinajstić information content (AvgIpc) is 2.46. The van der Waals surface area contributed by atoms with Crippen molar-refractivity contribution in [1.29, 1.82) is 0 Å². The molecule has 0 spiro atoms. The van der Waals surface area contributed by atoms with Gasteiger partial charge in [0.15, 0.2) is 0 Å². The van der Waals surface area contributed by atoms with Crippen molar-refractivity contribution < 1.29 is 0 Å². The van der Waals surface area contributed by atoms with Crippen LogP contribution >= 0.6 is 0 Å². The van der Waals surface area contributed by atoms with Crippen LogP contribution in [0.3, 0.4) is 0 Å². The van der Waals surface area contributed by atoms with Crippen molar-refractivity contribution >= 4 is 0 Å². The molecule has 0 heterocycles. The molecule has 0 aromatic carbocycles. The second-order valence-corrected chi connectivity index (χ2v) is 8.52. The summed E-state index contributed by atoms with van der Waals surface area (Å²) in [6, 6.07) is 0.498. The minimum absolute atomic E-state index is 0.498. The molecule has 1 unspecified atom stereocenters. The van der Waals surface area contributed by atoms with Gasteiger partial charge in [-0.2, -0.15) is 0 Å². The Morgan fingerprint density at radius 1 is 0.500 bits per heavy atom. The van der Waals surface area contributed by atoms with E-state index in [2.05, 4.69) is 6.92 Å². The Balaban J connectivity index is 1.84. The van der Waals surface area contributed by atoms with Crippen LogP contribution in [0.1, 0.15) is 110 Å². The zero-order valence-electron chi connectivity index (χ0n) is 15.2. The van der Waals surface area contributed by atoms with Crippen LogP contribution in [0.2, 0.25) is 0 Å². The van der Waals surface area contributed by atoms with Crippen molar-refractivity contribution in [1.82, 2.24) is 0 Å². The summed E-state index contributed by atoms with van der Waals surface area (Å²) >= 11 is 0. The average molecular weight is 308 g/mol. The fourth-order valence-corrected chi connectivity index (χ4v) is 4.96. The van der Waals surface area contributed by atoms with Gasteiger partial charge < -0.3 is 5.73 Å². The molecule has 0 radical (unpaired) electrons. The van der Waals surface area contributed by atoms with E-state index >= 15 is 0 Å². The van der Waals surface area contributed by atoms with E-state index in [9.17, 15) is 0 Å². The van der Waals surface area contributed by atoms with Gasteiger partial charge >= 0.3 is 0 Å². The van der Waals surface area contributed by atoms with E-state index in [0.29, 0.717) is 6.04 Å². The van der Waals surface area contributed by atoms with Crippen molar-refractivity contribution in [2.24, 2.45) is 23.5 Å². The first-order valence-electron chi connectivity index (χ1n) is 10.5. The number of rotatable bonds is 1. The zero-order chi connectivity index (χ0) is 15.6. The Kier molecular flexibility index (Phi) is 8.89. The SMILES string of the molecule is C[C@@H]1CCCCCCCC(C2CCCC(N)CCC2)CCC1. The minimum atomic E-state index is 0.498. The van der Waals surface area contributed by atoms with Gasteiger partial charge in [0.05, 0.1) is 0 Å². The van der Waals surface area contributed by atoms with Crippen molar-refractivity contribution in [2.45, 2.75) is 116 Å². The molecule has 0 aromatic heterocycles. The monoisotopic (exact) mass is 307 g/mol. The second-order valence-electron chi connectivity index (χ2n) is 8.52. The summed E-state index contributed by atoms with van der Waals surface area (Å²) in [5.74, 6) is 3.02. The van der Waals surface area contributed by atoms with Crippen molar-refractivity contribution in [3.05, 3.63) is 0 Å². The Labute approximate surface area is 139 Å². The first kappa shape index (κ1) is 18.3. The fourth-order valence-electron chi connectivity index (χ4n) is 4.96. The Hall–Kier alpha value is -0.0400. The lowest BCUT2D eigenvalue weighted by molar-refractivity contribution is 0.219. The molecule has 0 aromatic rings. The number of hydrogen-bond donors (Lipinski definition) is 1. The predicted molar refractivity (Wildman–Crippen MR) is 98.0 cm³/mol. The quantitative estimate of drug-likeness (QED) is 0.591. The van der Waals surface area contributed by atoms with Crippen LogP contribution in [0.4, 0.5) is 0 Å². The molecule has 0 aliphatic heterocycles. The van der Waals surface area contributed by atoms with Crippen LogP contribution in [-0.2, 0) is 0 Å². The highest BCUT2D eigenvalue weighted by Gasteiger charge is 2.23. The zero-order valence-corrected chi connectivity index (χ0v) is 15.2. The van der Waals surface area contributed by atoms with Crippen LogP contribution in [-0.4, -0.2) is 6.04 Å². The summed E-state index contributed by atoms with van der Waals surface area (Å²) in [7, 11) is 0. The number of nitrogens with two attached hydrogens (primary N) is 1. The molecule has 0 saturated heterocycles. The van der Waals surface area contributed by atoms with Crippen molar-refractivity contribution in [3.63, 3.8) is 0 Å². The summed E-state index contributed by atoms with van der Waals surface area (Å²) < 4.78 is 0. The molecule has 0 bridgehead atoms. The summed E-state index contributed by atoms with van der Waals surface area (Å²) in [6.07, 6.45) is 23.2. The van der Waals surface area contributed by atoms with Crippen LogP contribution in [0, 0.1) is 17.8 Å². The maximum atomic E-state index is 6.16. The maximum Gasteiger partial charge on any atom is 0.00388 e. The summed E-state index contributed by atoms with van der Waals surface area (Å²) in [4.78, 5) is 0. The molecule has 2 saturated carbocycles. The number of hydrogen-bond acceptors (Lipinski definition) is 1. The van der Waals surface area contributed by atoms with Gasteiger partial charge in [-0.15, -0.1) is 0 Å². The van der Waals surface area contributed by atoms with Gasteiger partial charge in [-0.25, -0.2) is 0 Å². The van der Waals surface area contributed by atoms with E-state index in [4.69, 9.17) is 5.73 Å². The predicted octanol–water partition coefficient (Wildman–Crippen LogP) is 6.45. The standard InChI is InChI=1S/C21H41N/c1-18-10-5-3-2-4-6-12-19(13-7-11-18)20-14-8-16-21(22)17-9-15-20/h18-21H,2-17,22H2,1H3/t18-,19?,20?,21?/m1/s1. The molecule has 1 nitrogen and oxygen atoms in total. The first-order chi connectivity index (χ1) is 10.8. The first-order valence-corrected chi connectivity index (χ1v) is 10.5. The van der Waals surface area contributed by atoms with Gasteiger partial charge in [0.25, 0.3) is 0 Å². The molecule has 0 amide bonds. The third-order valence-corrected chi connectivity index (χ3v) is 6.51. The van der Waals surface area contributed by atoms with Gasteiger partial charge in [-0.05, 0) is 30.6 Å². The Morgan fingerprint density at radius 2 is 0.909 bits per heavy atom.